The van der Waals surface area contributed by atoms with Gasteiger partial charge < -0.3 is 4.74 Å². The van der Waals surface area contributed by atoms with Gasteiger partial charge in [-0.15, -0.1) is 0 Å². The van der Waals surface area contributed by atoms with Crippen LogP contribution in [-0.4, -0.2) is 25.3 Å². The van der Waals surface area contributed by atoms with E-state index in [1.165, 1.54) is 0 Å². The second kappa shape index (κ2) is 4.99. The van der Waals surface area contributed by atoms with Gasteiger partial charge in [-0.1, -0.05) is 6.92 Å². The van der Waals surface area contributed by atoms with Gasteiger partial charge in [-0.2, -0.15) is 8.42 Å². The van der Waals surface area contributed by atoms with Gasteiger partial charge in [0.1, 0.15) is 11.9 Å². The molecule has 0 unspecified atom stereocenters. The van der Waals surface area contributed by atoms with Gasteiger partial charge in [0.25, 0.3) is 10.1 Å². The Morgan fingerprint density at radius 1 is 1.55 bits per heavy atom. The minimum absolute atomic E-state index is 0.471. The lowest BCUT2D eigenvalue weighted by Gasteiger charge is -1.89. The second-order valence-electron chi connectivity index (χ2n) is 1.85. The maximum Gasteiger partial charge on any atom is 0.276 e. The normalized spacial score (nSPS) is 10.0. The zero-order chi connectivity index (χ0) is 8.74. The molecule has 0 aliphatic heterocycles. The van der Waals surface area contributed by atoms with E-state index in [2.05, 4.69) is 16.8 Å². The van der Waals surface area contributed by atoms with Crippen molar-refractivity contribution in [3.63, 3.8) is 0 Å². The lowest BCUT2D eigenvalue weighted by Crippen LogP contribution is -2.00. The average Bonchev–Trinajstić information content (AvgIpc) is 1.85. The molecule has 64 valence electrons. The third kappa shape index (κ3) is 9.27. The molecule has 4 nitrogen and oxygen atoms in total. The first-order valence-corrected chi connectivity index (χ1v) is 4.72. The highest BCUT2D eigenvalue weighted by molar-refractivity contribution is 7.86. The van der Waals surface area contributed by atoms with Gasteiger partial charge in [0.05, 0.1) is 6.61 Å². The molecule has 0 atom stereocenters. The van der Waals surface area contributed by atoms with E-state index in [1.54, 1.807) is 0 Å². The van der Waals surface area contributed by atoms with Crippen LogP contribution in [0.1, 0.15) is 13.3 Å². The summed E-state index contributed by atoms with van der Waals surface area (Å²) in [5.74, 6) is 1.58. The van der Waals surface area contributed by atoms with E-state index in [4.69, 9.17) is 4.55 Å². The quantitative estimate of drug-likeness (QED) is 0.382. The molecule has 0 radical (unpaired) electrons. The van der Waals surface area contributed by atoms with Crippen molar-refractivity contribution < 1.29 is 17.7 Å². The summed E-state index contributed by atoms with van der Waals surface area (Å²) < 4.78 is 33.0. The highest BCUT2D eigenvalue weighted by Crippen LogP contribution is 1.79. The molecular weight excluding hydrogens is 168 g/mol. The van der Waals surface area contributed by atoms with Crippen molar-refractivity contribution in [3.8, 4) is 12.0 Å². The minimum Gasteiger partial charge on any atom is -0.447 e. The Morgan fingerprint density at radius 2 is 2.18 bits per heavy atom. The smallest absolute Gasteiger partial charge is 0.276 e. The summed E-state index contributed by atoms with van der Waals surface area (Å²) in [6.07, 6.45) is 2.97. The van der Waals surface area contributed by atoms with Crippen LogP contribution in [0.15, 0.2) is 0 Å². The van der Waals surface area contributed by atoms with Crippen LogP contribution in [0.25, 0.3) is 0 Å². The Balaban J connectivity index is 3.57. The Labute approximate surface area is 66.3 Å². The van der Waals surface area contributed by atoms with Crippen molar-refractivity contribution in [3.05, 3.63) is 0 Å². The molecule has 11 heavy (non-hydrogen) atoms. The zero-order valence-corrected chi connectivity index (χ0v) is 7.02. The Bertz CT molecular complexity index is 243. The van der Waals surface area contributed by atoms with Crippen LogP contribution in [-0.2, 0) is 14.9 Å². The number of hydrogen-bond donors (Lipinski definition) is 1. The first-order valence-electron chi connectivity index (χ1n) is 3.11. The molecule has 0 amide bonds. The molecule has 0 aliphatic rings. The van der Waals surface area contributed by atoms with Crippen molar-refractivity contribution in [1.82, 2.24) is 0 Å². The lowest BCUT2D eigenvalue weighted by molar-refractivity contribution is 0.277. The Hall–Kier alpha value is -0.730. The van der Waals surface area contributed by atoms with Crippen molar-refractivity contribution in [2.45, 2.75) is 13.3 Å². The van der Waals surface area contributed by atoms with Gasteiger partial charge >= 0.3 is 0 Å². The summed E-state index contributed by atoms with van der Waals surface area (Å²) in [6.45, 7) is 2.38. The minimum atomic E-state index is -3.96. The van der Waals surface area contributed by atoms with Gasteiger partial charge in [0.15, 0.2) is 0 Å². The monoisotopic (exact) mass is 178 g/mol. The van der Waals surface area contributed by atoms with Gasteiger partial charge in [-0.3, -0.25) is 4.55 Å². The number of hydrogen-bond acceptors (Lipinski definition) is 3. The highest BCUT2D eigenvalue weighted by atomic mass is 32.2. The summed E-state index contributed by atoms with van der Waals surface area (Å²) in [5, 5.41) is 0. The molecular formula is C6H10O4S. The van der Waals surface area contributed by atoms with E-state index in [1.807, 2.05) is 6.92 Å². The maximum atomic E-state index is 10.1. The Morgan fingerprint density at radius 3 is 2.64 bits per heavy atom. The van der Waals surface area contributed by atoms with E-state index in [0.29, 0.717) is 6.61 Å². The van der Waals surface area contributed by atoms with Crippen LogP contribution in [0, 0.1) is 12.0 Å². The fourth-order valence-electron chi connectivity index (χ4n) is 0.325. The topological polar surface area (TPSA) is 63.6 Å². The molecule has 0 fully saturated rings. The maximum absolute atomic E-state index is 10.1. The van der Waals surface area contributed by atoms with Gasteiger partial charge in [-0.25, -0.2) is 0 Å². The van der Waals surface area contributed by atoms with E-state index in [-0.39, 0.29) is 0 Å². The van der Waals surface area contributed by atoms with E-state index >= 15 is 0 Å². The molecule has 0 aromatic carbocycles. The Kier molecular flexibility index (Phi) is 4.66. The summed E-state index contributed by atoms with van der Waals surface area (Å²) in [5.41, 5.74) is 0. The predicted molar refractivity (Wildman–Crippen MR) is 40.4 cm³/mol. The molecule has 0 saturated heterocycles. The average molecular weight is 178 g/mol. The molecule has 0 rings (SSSR count). The lowest BCUT2D eigenvalue weighted by atomic mass is 10.5. The summed E-state index contributed by atoms with van der Waals surface area (Å²) >= 11 is 0. The first kappa shape index (κ1) is 10.3. The van der Waals surface area contributed by atoms with Gasteiger partial charge in [0, 0.05) is 0 Å². The molecule has 0 spiro atoms. The third-order valence-electron chi connectivity index (χ3n) is 0.705. The molecule has 1 N–H and O–H groups in total. The van der Waals surface area contributed by atoms with Crippen molar-refractivity contribution in [1.29, 1.82) is 0 Å². The molecule has 0 bridgehead atoms. The van der Waals surface area contributed by atoms with Gasteiger partial charge in [-0.05, 0) is 12.3 Å². The number of ether oxygens (including phenoxy) is 1. The predicted octanol–water partition coefficient (Wildman–Crippen LogP) is 0.262. The molecule has 0 aromatic heterocycles. The van der Waals surface area contributed by atoms with Gasteiger partial charge in [0.2, 0.25) is 0 Å². The highest BCUT2D eigenvalue weighted by Gasteiger charge is 1.98. The largest absolute Gasteiger partial charge is 0.447 e. The standard InChI is InChI=1S/C6H10O4S/c1-2-4-10-5-3-6-11(7,8)9/h2,4,6H2,1H3,(H,7,8,9). The number of rotatable bonds is 3. The molecule has 0 saturated carbocycles. The van der Waals surface area contributed by atoms with Crippen LogP contribution in [0.4, 0.5) is 0 Å². The van der Waals surface area contributed by atoms with E-state index in [9.17, 15) is 8.42 Å². The molecule has 5 heteroatoms. The molecule has 0 aromatic rings. The van der Waals surface area contributed by atoms with Crippen LogP contribution in [0.3, 0.4) is 0 Å². The third-order valence-corrected chi connectivity index (χ3v) is 1.21. The SMILES string of the molecule is CCCOC#CCS(=O)(=O)O. The summed E-state index contributed by atoms with van der Waals surface area (Å²) in [4.78, 5) is 0. The van der Waals surface area contributed by atoms with Crippen LogP contribution >= 0.6 is 0 Å². The summed E-state index contributed by atoms with van der Waals surface area (Å²) in [6, 6.07) is 0. The molecule has 0 heterocycles. The van der Waals surface area contributed by atoms with Crippen LogP contribution < -0.4 is 0 Å². The van der Waals surface area contributed by atoms with Crippen molar-refractivity contribution in [2.75, 3.05) is 12.4 Å². The fourth-order valence-corrected chi connectivity index (χ4v) is 0.566. The van der Waals surface area contributed by atoms with Crippen molar-refractivity contribution in [2.24, 2.45) is 0 Å². The second-order valence-corrected chi connectivity index (χ2v) is 3.31. The molecule has 0 aliphatic carbocycles. The van der Waals surface area contributed by atoms with Crippen molar-refractivity contribution >= 4 is 10.1 Å². The van der Waals surface area contributed by atoms with E-state index in [0.717, 1.165) is 6.42 Å². The fraction of sp³-hybridized carbons (Fsp3) is 0.667. The van der Waals surface area contributed by atoms with Crippen LogP contribution in [0.2, 0.25) is 0 Å². The van der Waals surface area contributed by atoms with E-state index < -0.39 is 15.9 Å². The van der Waals surface area contributed by atoms with Crippen LogP contribution in [0.5, 0.6) is 0 Å². The summed E-state index contributed by atoms with van der Waals surface area (Å²) in [7, 11) is -3.96. The first-order chi connectivity index (χ1) is 5.06. The zero-order valence-electron chi connectivity index (χ0n) is 6.20.